The summed E-state index contributed by atoms with van der Waals surface area (Å²) in [5.41, 5.74) is 5.17. The molecule has 0 radical (unpaired) electrons. The smallest absolute Gasteiger partial charge is 0.518 e. The molecule has 0 heterocycles. The highest BCUT2D eigenvalue weighted by molar-refractivity contribution is 6.35. The van der Waals surface area contributed by atoms with Gasteiger partial charge in [-0.05, 0) is 24.1 Å². The zero-order chi connectivity index (χ0) is 10.7. The molecule has 0 aliphatic rings. The monoisotopic (exact) mass is 249 g/mol. The van der Waals surface area contributed by atoms with Gasteiger partial charge >= 0.3 is 8.93 Å². The Kier molecular flexibility index (Phi) is 5.27. The maximum atomic E-state index is 10.6. The minimum atomic E-state index is -2.75. The van der Waals surface area contributed by atoms with Crippen LogP contribution in [0.15, 0.2) is 18.2 Å². The molecular weight excluding hydrogens is 238 g/mol. The number of halogens is 1. The Bertz CT molecular complexity index is 360. The van der Waals surface area contributed by atoms with E-state index in [-0.39, 0.29) is 30.3 Å². The maximum absolute atomic E-state index is 10.6. The summed E-state index contributed by atoms with van der Waals surface area (Å²) in [7, 11) is -2.75. The number of aromatic hydroxyl groups is 2. The number of nitrogens with two attached hydrogens (primary N) is 1. The molecule has 0 fully saturated rings. The third-order valence-corrected chi connectivity index (χ3v) is 2.65. The molecule has 1 aromatic carbocycles. The van der Waals surface area contributed by atoms with Crippen LogP contribution in [0.2, 0.25) is 0 Å². The second-order valence-electron chi connectivity index (χ2n) is 2.97. The van der Waals surface area contributed by atoms with E-state index in [0.717, 1.165) is 0 Å². The second-order valence-corrected chi connectivity index (χ2v) is 4.39. The average Bonchev–Trinajstić information content (AvgIpc) is 2.11. The fourth-order valence-electron chi connectivity index (χ4n) is 1.04. The topological polar surface area (TPSA) is 104 Å². The Morgan fingerprint density at radius 1 is 1.33 bits per heavy atom. The van der Waals surface area contributed by atoms with E-state index in [0.29, 0.717) is 5.56 Å². The van der Waals surface area contributed by atoms with E-state index in [1.54, 1.807) is 6.07 Å². The van der Waals surface area contributed by atoms with Crippen LogP contribution >= 0.6 is 12.4 Å². The van der Waals surface area contributed by atoms with Gasteiger partial charge in [0.15, 0.2) is 11.5 Å². The summed E-state index contributed by atoms with van der Waals surface area (Å²) in [4.78, 5) is 8.72. The van der Waals surface area contributed by atoms with E-state index in [1.165, 1.54) is 12.1 Å². The predicted molar refractivity (Wildman–Crippen MR) is 57.4 cm³/mol. The van der Waals surface area contributed by atoms with Gasteiger partial charge in [-0.1, -0.05) is 6.07 Å². The van der Waals surface area contributed by atoms with Crippen LogP contribution in [0.5, 0.6) is 11.5 Å². The Morgan fingerprint density at radius 2 is 1.93 bits per heavy atom. The Labute approximate surface area is 94.4 Å². The molecule has 0 aliphatic carbocycles. The predicted octanol–water partition coefficient (Wildman–Crippen LogP) is -0.160. The molecule has 1 rings (SSSR count). The molecular formula is C8H12ClNO4Si. The molecule has 0 unspecified atom stereocenters. The first-order chi connectivity index (χ1) is 6.50. The molecule has 1 aromatic rings. The van der Waals surface area contributed by atoms with Crippen molar-refractivity contribution in [2.24, 2.45) is 5.73 Å². The van der Waals surface area contributed by atoms with Crippen LogP contribution in [-0.2, 0) is 10.9 Å². The lowest BCUT2D eigenvalue weighted by molar-refractivity contribution is 0.402. The molecule has 7 heteroatoms. The van der Waals surface area contributed by atoms with Crippen LogP contribution in [0.25, 0.3) is 0 Å². The van der Waals surface area contributed by atoms with E-state index in [1.807, 2.05) is 0 Å². The summed E-state index contributed by atoms with van der Waals surface area (Å²) in [6, 6.07) is 4.17. The Balaban J connectivity index is 0.00000196. The van der Waals surface area contributed by atoms with Gasteiger partial charge in [0.1, 0.15) is 0 Å². The van der Waals surface area contributed by atoms with Crippen LogP contribution in [-0.4, -0.2) is 29.6 Å². The quantitative estimate of drug-likeness (QED) is 0.440. The van der Waals surface area contributed by atoms with Crippen molar-refractivity contribution in [3.05, 3.63) is 23.8 Å². The van der Waals surface area contributed by atoms with Crippen LogP contribution in [0.3, 0.4) is 0 Å². The fourth-order valence-corrected chi connectivity index (χ4v) is 1.45. The number of phenolic OH excluding ortho intramolecular Hbond substituents is 2. The van der Waals surface area contributed by atoms with Gasteiger partial charge in [-0.3, -0.25) is 0 Å². The van der Waals surface area contributed by atoms with Crippen molar-refractivity contribution in [3.8, 4) is 11.5 Å². The number of rotatable bonds is 3. The van der Waals surface area contributed by atoms with E-state index in [2.05, 4.69) is 0 Å². The highest BCUT2D eigenvalue weighted by Gasteiger charge is 2.16. The van der Waals surface area contributed by atoms with Crippen LogP contribution in [0, 0.1) is 0 Å². The third-order valence-electron chi connectivity index (χ3n) is 1.81. The molecule has 0 spiro atoms. The van der Waals surface area contributed by atoms with E-state index < -0.39 is 14.6 Å². The fraction of sp³-hybridized carbons (Fsp3) is 0.250. The number of benzene rings is 1. The minimum absolute atomic E-state index is 0. The molecule has 0 saturated heterocycles. The lowest BCUT2D eigenvalue weighted by Crippen LogP contribution is -2.34. The normalized spacial score (nSPS) is 11.5. The molecule has 0 aromatic heterocycles. The van der Waals surface area contributed by atoms with Crippen LogP contribution in [0.4, 0.5) is 0 Å². The molecule has 15 heavy (non-hydrogen) atoms. The third kappa shape index (κ3) is 3.86. The van der Waals surface area contributed by atoms with Crippen molar-refractivity contribution in [2.75, 3.05) is 0 Å². The Hall–Kier alpha value is -1.11. The first-order valence-corrected chi connectivity index (χ1v) is 5.43. The van der Waals surface area contributed by atoms with Gasteiger partial charge in [0.2, 0.25) is 0 Å². The minimum Gasteiger partial charge on any atom is -0.539 e. The van der Waals surface area contributed by atoms with Crippen LogP contribution < -0.4 is 5.73 Å². The van der Waals surface area contributed by atoms with E-state index in [9.17, 15) is 4.46 Å². The molecule has 1 atom stereocenters. The van der Waals surface area contributed by atoms with Gasteiger partial charge in [0.05, 0.1) is 5.67 Å². The Morgan fingerprint density at radius 3 is 2.40 bits per heavy atom. The summed E-state index contributed by atoms with van der Waals surface area (Å²) in [6.45, 7) is 0. The zero-order valence-electron chi connectivity index (χ0n) is 7.75. The van der Waals surface area contributed by atoms with Gasteiger partial charge in [0.25, 0.3) is 0 Å². The van der Waals surface area contributed by atoms with Crippen molar-refractivity contribution in [2.45, 2.75) is 12.1 Å². The second kappa shape index (κ2) is 5.69. The first-order valence-electron chi connectivity index (χ1n) is 4.00. The van der Waals surface area contributed by atoms with E-state index in [4.69, 9.17) is 20.7 Å². The number of phenols is 2. The SMILES string of the molecule is Cl.N[C@@H](Cc1ccc(O)c(O)c1)[Si](=O)O. The largest absolute Gasteiger partial charge is 0.539 e. The van der Waals surface area contributed by atoms with Gasteiger partial charge in [-0.25, -0.2) is 0 Å². The van der Waals surface area contributed by atoms with E-state index >= 15 is 0 Å². The lowest BCUT2D eigenvalue weighted by Gasteiger charge is -2.06. The van der Waals surface area contributed by atoms with Crippen molar-refractivity contribution in [1.82, 2.24) is 0 Å². The van der Waals surface area contributed by atoms with Gasteiger partial charge in [0, 0.05) is 0 Å². The lowest BCUT2D eigenvalue weighted by atomic mass is 10.1. The molecule has 0 aliphatic heterocycles. The number of hydrogen-bond donors (Lipinski definition) is 4. The van der Waals surface area contributed by atoms with Gasteiger partial charge in [-0.2, -0.15) is 0 Å². The van der Waals surface area contributed by atoms with Gasteiger partial charge < -0.3 is 25.2 Å². The summed E-state index contributed by atoms with van der Waals surface area (Å²) >= 11 is 0. The summed E-state index contributed by atoms with van der Waals surface area (Å²) in [5, 5.41) is 18.1. The highest BCUT2D eigenvalue weighted by Crippen LogP contribution is 2.25. The van der Waals surface area contributed by atoms with Crippen molar-refractivity contribution >= 4 is 21.3 Å². The van der Waals surface area contributed by atoms with Crippen molar-refractivity contribution < 1.29 is 19.5 Å². The average molecular weight is 250 g/mol. The maximum Gasteiger partial charge on any atom is 0.518 e. The molecule has 0 saturated carbocycles. The molecule has 84 valence electrons. The molecule has 5 nitrogen and oxygen atoms in total. The highest BCUT2D eigenvalue weighted by atomic mass is 35.5. The molecule has 0 bridgehead atoms. The zero-order valence-corrected chi connectivity index (χ0v) is 9.57. The number of hydrogen-bond acceptors (Lipinski definition) is 4. The van der Waals surface area contributed by atoms with Gasteiger partial charge in [-0.15, -0.1) is 12.4 Å². The molecule has 5 N–H and O–H groups in total. The first kappa shape index (κ1) is 13.9. The summed E-state index contributed by atoms with van der Waals surface area (Å²) in [5.74, 6) is -0.480. The van der Waals surface area contributed by atoms with Crippen molar-refractivity contribution in [1.29, 1.82) is 0 Å². The summed E-state index contributed by atoms with van der Waals surface area (Å²) in [6.07, 6.45) is 0.197. The van der Waals surface area contributed by atoms with Crippen LogP contribution in [0.1, 0.15) is 5.56 Å². The summed E-state index contributed by atoms with van der Waals surface area (Å²) < 4.78 is 10.6. The van der Waals surface area contributed by atoms with Crippen molar-refractivity contribution in [3.63, 3.8) is 0 Å². The molecule has 0 amide bonds. The standard InChI is InChI=1S/C8H11NO4Si.ClH/c9-8(14(12)13)4-5-1-2-6(10)7(11)3-5;/h1-3,8,10-12H,4,9H2;1H/t8-;/m1./s1.